The summed E-state index contributed by atoms with van der Waals surface area (Å²) in [5, 5.41) is 11.1. The van der Waals surface area contributed by atoms with Crippen molar-refractivity contribution < 1.29 is 19.4 Å². The van der Waals surface area contributed by atoms with Gasteiger partial charge in [0.25, 0.3) is 0 Å². The van der Waals surface area contributed by atoms with Gasteiger partial charge in [-0.05, 0) is 13.5 Å². The lowest BCUT2D eigenvalue weighted by Gasteiger charge is -2.10. The third-order valence-corrected chi connectivity index (χ3v) is 1.78. The normalized spacial score (nSPS) is 12.1. The van der Waals surface area contributed by atoms with Crippen LogP contribution in [0.3, 0.4) is 0 Å². The number of carboxylic acid groups (broad SMARTS) is 1. The summed E-state index contributed by atoms with van der Waals surface area (Å²) in [6, 6.07) is -0.857. The molecule has 1 atom stereocenters. The third-order valence-electron chi connectivity index (χ3n) is 1.78. The van der Waals surface area contributed by atoms with E-state index in [2.05, 4.69) is 5.32 Å². The molecule has 0 aliphatic rings. The number of esters is 1. The predicted octanol–water partition coefficient (Wildman–Crippen LogP) is 0.392. The highest BCUT2D eigenvalue weighted by atomic mass is 16.5. The van der Waals surface area contributed by atoms with Crippen LogP contribution in [0.2, 0.25) is 0 Å². The quantitative estimate of drug-likeness (QED) is 0.462. The van der Waals surface area contributed by atoms with Crippen molar-refractivity contribution in [2.45, 2.75) is 32.2 Å². The molecule has 5 heteroatoms. The van der Waals surface area contributed by atoms with E-state index < -0.39 is 18.0 Å². The third kappa shape index (κ3) is 5.53. The Kier molecular flexibility index (Phi) is 6.74. The first kappa shape index (κ1) is 12.9. The zero-order valence-electron chi connectivity index (χ0n) is 8.58. The molecule has 0 aromatic rings. The Morgan fingerprint density at radius 1 is 1.50 bits per heavy atom. The molecule has 0 aliphatic heterocycles. The van der Waals surface area contributed by atoms with Crippen LogP contribution in [0.15, 0.2) is 0 Å². The molecule has 14 heavy (non-hydrogen) atoms. The number of ether oxygens (including phenoxy) is 1. The van der Waals surface area contributed by atoms with Crippen LogP contribution in [0.5, 0.6) is 0 Å². The first-order valence-electron chi connectivity index (χ1n) is 4.67. The van der Waals surface area contributed by atoms with E-state index in [1.165, 1.54) is 7.05 Å². The monoisotopic (exact) mass is 203 g/mol. The molecule has 5 nitrogen and oxygen atoms in total. The summed E-state index contributed by atoms with van der Waals surface area (Å²) >= 11 is 0. The number of aliphatic carboxylic acids is 1. The van der Waals surface area contributed by atoms with Crippen molar-refractivity contribution in [1.82, 2.24) is 5.32 Å². The van der Waals surface area contributed by atoms with Crippen LogP contribution >= 0.6 is 0 Å². The molecule has 1 unspecified atom stereocenters. The van der Waals surface area contributed by atoms with Gasteiger partial charge in [-0.3, -0.25) is 9.59 Å². The number of nitrogens with one attached hydrogen (secondary N) is 1. The smallest absolute Gasteiger partial charge is 0.321 e. The minimum atomic E-state index is -1.04. The van der Waals surface area contributed by atoms with E-state index in [0.717, 1.165) is 12.8 Å². The van der Waals surface area contributed by atoms with E-state index in [9.17, 15) is 9.59 Å². The molecular weight excluding hydrogens is 186 g/mol. The summed E-state index contributed by atoms with van der Waals surface area (Å²) in [6.45, 7) is 2.35. The van der Waals surface area contributed by atoms with Crippen LogP contribution < -0.4 is 5.32 Å². The van der Waals surface area contributed by atoms with Gasteiger partial charge in [-0.1, -0.05) is 13.3 Å². The lowest BCUT2D eigenvalue weighted by molar-refractivity contribution is -0.149. The largest absolute Gasteiger partial charge is 0.480 e. The number of unbranched alkanes of at least 4 members (excludes halogenated alkanes) is 1. The maximum absolute atomic E-state index is 11.1. The highest BCUT2D eigenvalue weighted by Crippen LogP contribution is 1.96. The van der Waals surface area contributed by atoms with Gasteiger partial charge in [0.15, 0.2) is 0 Å². The number of carbonyl (C=O) groups excluding carboxylic acids is 1. The van der Waals surface area contributed by atoms with Crippen molar-refractivity contribution >= 4 is 11.9 Å². The molecule has 0 aromatic heterocycles. The SMILES string of the molecule is CCCCOC(=O)CC(NC)C(=O)O. The van der Waals surface area contributed by atoms with Crippen molar-refractivity contribution in [3.05, 3.63) is 0 Å². The van der Waals surface area contributed by atoms with Crippen LogP contribution in [0.4, 0.5) is 0 Å². The molecule has 0 radical (unpaired) electrons. The first-order valence-corrected chi connectivity index (χ1v) is 4.67. The molecule has 0 amide bonds. The standard InChI is InChI=1S/C9H17NO4/c1-3-4-5-14-8(11)6-7(10-2)9(12)13/h7,10H,3-6H2,1-2H3,(H,12,13). The molecule has 0 fully saturated rings. The molecule has 0 saturated heterocycles. The van der Waals surface area contributed by atoms with Crippen molar-refractivity contribution in [2.24, 2.45) is 0 Å². The number of rotatable bonds is 7. The zero-order chi connectivity index (χ0) is 11.0. The minimum Gasteiger partial charge on any atom is -0.480 e. The van der Waals surface area contributed by atoms with Gasteiger partial charge in [0, 0.05) is 0 Å². The molecule has 0 bridgehead atoms. The van der Waals surface area contributed by atoms with Gasteiger partial charge in [-0.15, -0.1) is 0 Å². The number of likely N-dealkylation sites (N-methyl/N-ethyl adjacent to an activating group) is 1. The van der Waals surface area contributed by atoms with Crippen molar-refractivity contribution in [3.8, 4) is 0 Å². The summed E-state index contributed by atoms with van der Waals surface area (Å²) in [7, 11) is 1.50. The summed E-state index contributed by atoms with van der Waals surface area (Å²) < 4.78 is 4.82. The lowest BCUT2D eigenvalue weighted by atomic mass is 10.2. The van der Waals surface area contributed by atoms with Gasteiger partial charge in [0.05, 0.1) is 13.0 Å². The fraction of sp³-hybridized carbons (Fsp3) is 0.778. The average molecular weight is 203 g/mol. The molecule has 0 rings (SSSR count). The maximum Gasteiger partial charge on any atom is 0.321 e. The van der Waals surface area contributed by atoms with Gasteiger partial charge in [0.1, 0.15) is 6.04 Å². The van der Waals surface area contributed by atoms with Crippen molar-refractivity contribution in [1.29, 1.82) is 0 Å². The van der Waals surface area contributed by atoms with Crippen molar-refractivity contribution in [2.75, 3.05) is 13.7 Å². The number of hydrogen-bond acceptors (Lipinski definition) is 4. The number of carbonyl (C=O) groups is 2. The van der Waals surface area contributed by atoms with E-state index in [1.54, 1.807) is 0 Å². The zero-order valence-corrected chi connectivity index (χ0v) is 8.58. The second kappa shape index (κ2) is 7.32. The van der Waals surface area contributed by atoms with Gasteiger partial charge >= 0.3 is 11.9 Å². The fourth-order valence-electron chi connectivity index (χ4n) is 0.869. The predicted molar refractivity (Wildman–Crippen MR) is 51.0 cm³/mol. The summed E-state index contributed by atoms with van der Waals surface area (Å²) in [5.41, 5.74) is 0. The Labute approximate surface area is 83.4 Å². The van der Waals surface area contributed by atoms with Crippen LogP contribution in [-0.2, 0) is 14.3 Å². The summed E-state index contributed by atoms with van der Waals surface area (Å²) in [6.07, 6.45) is 1.63. The Balaban J connectivity index is 3.74. The van der Waals surface area contributed by atoms with Crippen LogP contribution in [0.1, 0.15) is 26.2 Å². The van der Waals surface area contributed by atoms with Gasteiger partial charge < -0.3 is 15.2 Å². The number of hydrogen-bond donors (Lipinski definition) is 2. The Morgan fingerprint density at radius 3 is 2.57 bits per heavy atom. The molecule has 82 valence electrons. The topological polar surface area (TPSA) is 75.6 Å². The Morgan fingerprint density at radius 2 is 2.14 bits per heavy atom. The average Bonchev–Trinajstić information content (AvgIpc) is 2.14. The van der Waals surface area contributed by atoms with E-state index in [0.29, 0.717) is 6.61 Å². The summed E-state index contributed by atoms with van der Waals surface area (Å²) in [5.74, 6) is -1.51. The molecule has 0 aliphatic carbocycles. The molecule has 2 N–H and O–H groups in total. The molecule has 0 spiro atoms. The highest BCUT2D eigenvalue weighted by molar-refractivity contribution is 5.81. The van der Waals surface area contributed by atoms with Crippen molar-refractivity contribution in [3.63, 3.8) is 0 Å². The van der Waals surface area contributed by atoms with E-state index >= 15 is 0 Å². The van der Waals surface area contributed by atoms with E-state index in [-0.39, 0.29) is 6.42 Å². The molecule has 0 aromatic carbocycles. The Bertz CT molecular complexity index is 193. The molecule has 0 saturated carbocycles. The number of carboxylic acids is 1. The van der Waals surface area contributed by atoms with Gasteiger partial charge in [0.2, 0.25) is 0 Å². The van der Waals surface area contributed by atoms with Crippen LogP contribution in [0.25, 0.3) is 0 Å². The lowest BCUT2D eigenvalue weighted by Crippen LogP contribution is -2.36. The molecule has 0 heterocycles. The maximum atomic E-state index is 11.1. The van der Waals surface area contributed by atoms with Crippen LogP contribution in [0, 0.1) is 0 Å². The Hall–Kier alpha value is -1.10. The second-order valence-electron chi connectivity index (χ2n) is 2.96. The van der Waals surface area contributed by atoms with E-state index in [4.69, 9.17) is 9.84 Å². The second-order valence-corrected chi connectivity index (χ2v) is 2.96. The molecular formula is C9H17NO4. The minimum absolute atomic E-state index is 0.129. The van der Waals surface area contributed by atoms with Crippen LogP contribution in [-0.4, -0.2) is 36.7 Å². The summed E-state index contributed by atoms with van der Waals surface area (Å²) in [4.78, 5) is 21.6. The van der Waals surface area contributed by atoms with Gasteiger partial charge in [-0.25, -0.2) is 0 Å². The highest BCUT2D eigenvalue weighted by Gasteiger charge is 2.19. The first-order chi connectivity index (χ1) is 6.61. The fourth-order valence-corrected chi connectivity index (χ4v) is 0.869. The van der Waals surface area contributed by atoms with E-state index in [1.807, 2.05) is 6.92 Å². The van der Waals surface area contributed by atoms with Gasteiger partial charge in [-0.2, -0.15) is 0 Å².